The molecule has 0 aliphatic heterocycles. The van der Waals surface area contributed by atoms with Crippen LogP contribution in [0.4, 0.5) is 0 Å². The van der Waals surface area contributed by atoms with E-state index >= 15 is 0 Å². The van der Waals surface area contributed by atoms with E-state index in [9.17, 15) is 19.2 Å². The number of hydrogen-bond acceptors (Lipinski definition) is 4. The average molecular weight is 1180 g/mol. The second-order valence-corrected chi connectivity index (χ2v) is 40.6. The molecule has 0 radical (unpaired) electrons. The summed E-state index contributed by atoms with van der Waals surface area (Å²) in [7, 11) is -4.15. The molecule has 0 fully saturated rings. The van der Waals surface area contributed by atoms with E-state index in [0.717, 1.165) is 98.3 Å². The van der Waals surface area contributed by atoms with Gasteiger partial charge in [0, 0.05) is 0 Å². The van der Waals surface area contributed by atoms with Gasteiger partial charge in [0.2, 0.25) is 0 Å². The maximum Gasteiger partial charge on any atom is 0.266 e. The van der Waals surface area contributed by atoms with Crippen molar-refractivity contribution in [2.24, 2.45) is 0 Å². The van der Waals surface area contributed by atoms with Crippen LogP contribution in [0.25, 0.3) is 97.6 Å². The quantitative estimate of drug-likeness (QED) is 0.0803. The summed E-state index contributed by atoms with van der Waals surface area (Å²) in [6, 6.07) is 43.5. The van der Waals surface area contributed by atoms with Gasteiger partial charge in [0.05, 0.1) is 49.1 Å². The van der Waals surface area contributed by atoms with Crippen LogP contribution < -0.4 is 32.6 Å². The van der Waals surface area contributed by atoms with E-state index in [1.54, 1.807) is 0 Å². The first kappa shape index (κ1) is 60.7. The Morgan fingerprint density at radius 2 is 0.419 bits per heavy atom. The van der Waals surface area contributed by atoms with Gasteiger partial charge in [-0.15, -0.1) is 0 Å². The Morgan fingerprint density at radius 3 is 0.593 bits per heavy atom. The van der Waals surface area contributed by atoms with E-state index in [4.69, 9.17) is 0 Å². The molecule has 11 rings (SSSR count). The Labute approximate surface area is 510 Å². The second kappa shape index (κ2) is 22.0. The topological polar surface area (TPSA) is 78.1 Å². The first-order chi connectivity index (χ1) is 40.5. The molecular weight excluding hydrogens is 1090 g/mol. The van der Waals surface area contributed by atoms with Crippen molar-refractivity contribution in [3.05, 3.63) is 185 Å². The van der Waals surface area contributed by atoms with E-state index in [-0.39, 0.29) is 45.9 Å². The molecule has 0 aliphatic carbocycles. The van der Waals surface area contributed by atoms with Crippen LogP contribution in [0.2, 0.25) is 33.2 Å². The summed E-state index contributed by atoms with van der Waals surface area (Å²) in [6.45, 7) is 46.3. The Bertz CT molecular complexity index is 4240. The molecule has 0 N–H and O–H groups in total. The molecule has 86 heavy (non-hydrogen) atoms. The molecule has 2 heterocycles. The van der Waals surface area contributed by atoms with Crippen molar-refractivity contribution in [3.8, 4) is 11.4 Å². The summed E-state index contributed by atoms with van der Waals surface area (Å²) in [5.41, 5.74) is 7.88. The van der Waals surface area contributed by atoms with E-state index < -0.39 is 16.1 Å². The van der Waals surface area contributed by atoms with Gasteiger partial charge in [0.15, 0.2) is 0 Å². The van der Waals surface area contributed by atoms with E-state index in [0.29, 0.717) is 54.8 Å². The second-order valence-electron chi connectivity index (χ2n) is 28.8. The Morgan fingerprint density at radius 1 is 0.244 bits per heavy atom. The fraction of sp³-hybridized carbons (Fsp3) is 0.385. The zero-order chi connectivity index (χ0) is 62.2. The summed E-state index contributed by atoms with van der Waals surface area (Å²) in [4.78, 5) is 59.7. The highest BCUT2D eigenvalue weighted by atomic mass is 28.3. The molecule has 0 saturated carbocycles. The van der Waals surface area contributed by atoms with Gasteiger partial charge in [-0.25, -0.2) is 9.13 Å². The molecule has 2 aromatic heterocycles. The van der Waals surface area contributed by atoms with Gasteiger partial charge >= 0.3 is 0 Å². The third-order valence-corrected chi connectivity index (χ3v) is 34.9. The van der Waals surface area contributed by atoms with Crippen molar-refractivity contribution in [1.82, 2.24) is 9.13 Å². The normalized spacial score (nSPS) is 13.2. The Balaban J connectivity index is 1.02. The van der Waals surface area contributed by atoms with Crippen molar-refractivity contribution in [3.63, 3.8) is 0 Å². The van der Waals surface area contributed by atoms with Crippen molar-refractivity contribution >= 4 is 113 Å². The highest BCUT2D eigenvalue weighted by Crippen LogP contribution is 2.45. The van der Waals surface area contributed by atoms with Gasteiger partial charge in [-0.05, 0) is 217 Å². The van der Waals surface area contributed by atoms with Crippen LogP contribution in [0.1, 0.15) is 184 Å². The van der Waals surface area contributed by atoms with Gasteiger partial charge in [-0.3, -0.25) is 19.2 Å². The number of aromatic nitrogens is 2. The van der Waals surface area contributed by atoms with Crippen LogP contribution >= 0.6 is 0 Å². The number of rotatable bonds is 14. The van der Waals surface area contributed by atoms with Crippen LogP contribution in [0, 0.1) is 0 Å². The zero-order valence-electron chi connectivity index (χ0n) is 54.8. The number of fused-ring (bicyclic) bond motifs is 8. The monoisotopic (exact) mass is 1170 g/mol. The lowest BCUT2D eigenvalue weighted by Crippen LogP contribution is -2.56. The van der Waals surface area contributed by atoms with Crippen LogP contribution in [-0.4, -0.2) is 25.3 Å². The molecule has 9 aromatic carbocycles. The number of hydrogen-bond donors (Lipinski definition) is 0. The molecule has 11 aromatic rings. The number of benzene rings is 8. The Kier molecular flexibility index (Phi) is 15.5. The molecule has 8 heteroatoms. The highest BCUT2D eigenvalue weighted by Gasteiger charge is 2.47. The van der Waals surface area contributed by atoms with Crippen molar-refractivity contribution in [1.29, 1.82) is 0 Å². The molecule has 0 unspecified atom stereocenters. The predicted molar refractivity (Wildman–Crippen MR) is 379 cm³/mol. The standard InChI is InChI=1S/C78H90N2O4Si2/c1-41(2)65-37-63(85(45(9)10,46(11)12)47(13)14)38-66(42(3)4)73(65)79-75(81)69-33-59-29-55-25-51-21-23-53-27-57-31-61-35-71-72(36-62(61)32-58(57)28-54(53)24-22-52(51)26-56(55)30-60(59)34-70(69)76(79)82)78(84)80(77(71)83)74-67(43(5)6)39-64(40-68(74)44(7)8)86(48(15)16,49(17)18)50(19)20/h21-50H,1-20H3. The van der Waals surface area contributed by atoms with Crippen LogP contribution in [0.5, 0.6) is 0 Å². The van der Waals surface area contributed by atoms with Crippen LogP contribution in [-0.2, 0) is 0 Å². The van der Waals surface area contributed by atoms with Gasteiger partial charge in [-0.1, -0.05) is 197 Å². The Hall–Kier alpha value is -7.01. The zero-order valence-corrected chi connectivity index (χ0v) is 56.8. The summed E-state index contributed by atoms with van der Waals surface area (Å²) in [5, 5.41) is 16.8. The van der Waals surface area contributed by atoms with E-state index in [1.165, 1.54) is 19.5 Å². The van der Waals surface area contributed by atoms with Crippen molar-refractivity contribution in [2.45, 2.75) is 195 Å². The lowest BCUT2D eigenvalue weighted by atomic mass is 9.92. The van der Waals surface area contributed by atoms with Crippen molar-refractivity contribution in [2.75, 3.05) is 0 Å². The molecule has 6 nitrogen and oxygen atoms in total. The maximum absolute atomic E-state index is 14.9. The minimum atomic E-state index is -2.07. The fourth-order valence-electron chi connectivity index (χ4n) is 17.1. The first-order valence-electron chi connectivity index (χ1n) is 32.2. The van der Waals surface area contributed by atoms with Gasteiger partial charge in [0.1, 0.15) is 0 Å². The summed E-state index contributed by atoms with van der Waals surface area (Å²) in [6.07, 6.45) is 0. The fourth-order valence-corrected chi connectivity index (χ4v) is 30.7. The molecule has 444 valence electrons. The summed E-state index contributed by atoms with van der Waals surface area (Å²) < 4.78 is 3.02. The average Bonchev–Trinajstić information content (AvgIpc) is 1.55. The highest BCUT2D eigenvalue weighted by molar-refractivity contribution is 6.95. The molecule has 0 spiro atoms. The van der Waals surface area contributed by atoms with E-state index in [1.807, 2.05) is 24.3 Å². The molecule has 0 atom stereocenters. The van der Waals surface area contributed by atoms with Gasteiger partial charge < -0.3 is 0 Å². The van der Waals surface area contributed by atoms with Crippen LogP contribution in [0.3, 0.4) is 0 Å². The largest absolute Gasteiger partial charge is 0.268 e. The van der Waals surface area contributed by atoms with Gasteiger partial charge in [0.25, 0.3) is 22.2 Å². The van der Waals surface area contributed by atoms with E-state index in [2.05, 4.69) is 236 Å². The predicted octanol–water partition coefficient (Wildman–Crippen LogP) is 19.6. The molecule has 0 bridgehead atoms. The minimum Gasteiger partial charge on any atom is -0.268 e. The lowest BCUT2D eigenvalue weighted by Gasteiger charge is -2.44. The molecule has 0 aliphatic rings. The smallest absolute Gasteiger partial charge is 0.266 e. The SMILES string of the molecule is CC(C)c1cc([Si](C(C)C)(C(C)C)C(C)C)cc(C(C)C)c1-n1c(=O)c2cc3cc4cc5ccc6cc7cc8cc9c(=O)n(-c%10c(C(C)C)cc([Si](C(C)C)(C(C)C)C(C)C)cc%10C(C)C)c(=O)c9cc8cc7cc6ccc5cc4cc3cc2c1=O. The molecular formula is C78H90N2O4Si2. The summed E-state index contributed by atoms with van der Waals surface area (Å²) in [5.74, 6) is 0.379. The molecule has 0 amide bonds. The maximum atomic E-state index is 14.9. The van der Waals surface area contributed by atoms with Gasteiger partial charge in [-0.2, -0.15) is 0 Å². The third kappa shape index (κ3) is 9.27. The summed E-state index contributed by atoms with van der Waals surface area (Å²) >= 11 is 0. The first-order valence-corrected chi connectivity index (χ1v) is 36.6. The van der Waals surface area contributed by atoms with Crippen molar-refractivity contribution < 1.29 is 0 Å². The molecule has 0 saturated heterocycles. The minimum absolute atomic E-state index is 0.0946. The number of nitrogens with zero attached hydrogens (tertiary/aromatic N) is 2. The third-order valence-electron chi connectivity index (χ3n) is 20.9. The lowest BCUT2D eigenvalue weighted by molar-refractivity contribution is 0.793. The van der Waals surface area contributed by atoms with Crippen LogP contribution in [0.15, 0.2) is 141 Å².